The highest BCUT2D eigenvalue weighted by atomic mass is 16.3. The SMILES string of the molecule is C/C(=N\Nc1nc(C)cc(=O)[nH]1)c1cc(C)ccc1O. The third kappa shape index (κ3) is 3.23. The van der Waals surface area contributed by atoms with Gasteiger partial charge in [0.15, 0.2) is 0 Å². The van der Waals surface area contributed by atoms with Crippen molar-refractivity contribution < 1.29 is 5.11 Å². The fraction of sp³-hybridized carbons (Fsp3) is 0.214. The van der Waals surface area contributed by atoms with Crippen LogP contribution in [0.2, 0.25) is 0 Å². The van der Waals surface area contributed by atoms with Crippen LogP contribution in [0.15, 0.2) is 34.2 Å². The van der Waals surface area contributed by atoms with E-state index in [0.717, 1.165) is 5.56 Å². The number of aromatic nitrogens is 2. The molecule has 1 aromatic heterocycles. The molecule has 0 atom stereocenters. The molecule has 0 fully saturated rings. The van der Waals surface area contributed by atoms with Crippen molar-refractivity contribution in [2.75, 3.05) is 5.43 Å². The number of aromatic amines is 1. The van der Waals surface area contributed by atoms with Gasteiger partial charge in [-0.25, -0.2) is 10.4 Å². The summed E-state index contributed by atoms with van der Waals surface area (Å²) < 4.78 is 0. The Morgan fingerprint density at radius 1 is 1.35 bits per heavy atom. The van der Waals surface area contributed by atoms with Gasteiger partial charge in [0.2, 0.25) is 5.95 Å². The zero-order chi connectivity index (χ0) is 14.7. The summed E-state index contributed by atoms with van der Waals surface area (Å²) in [5, 5.41) is 13.9. The van der Waals surface area contributed by atoms with Crippen LogP contribution in [0.3, 0.4) is 0 Å². The van der Waals surface area contributed by atoms with Gasteiger partial charge >= 0.3 is 0 Å². The molecule has 104 valence electrons. The maximum Gasteiger partial charge on any atom is 0.252 e. The van der Waals surface area contributed by atoms with Gasteiger partial charge in [0.1, 0.15) is 5.75 Å². The predicted octanol–water partition coefficient (Wildman–Crippen LogP) is 1.93. The monoisotopic (exact) mass is 272 g/mol. The lowest BCUT2D eigenvalue weighted by atomic mass is 10.1. The molecule has 0 bridgehead atoms. The van der Waals surface area contributed by atoms with E-state index in [0.29, 0.717) is 17.0 Å². The Hall–Kier alpha value is -2.63. The van der Waals surface area contributed by atoms with Gasteiger partial charge < -0.3 is 5.11 Å². The van der Waals surface area contributed by atoms with E-state index in [4.69, 9.17) is 0 Å². The van der Waals surface area contributed by atoms with Crippen molar-refractivity contribution in [2.45, 2.75) is 20.8 Å². The zero-order valence-electron chi connectivity index (χ0n) is 11.6. The highest BCUT2D eigenvalue weighted by Gasteiger charge is 2.05. The van der Waals surface area contributed by atoms with Crippen LogP contribution in [0.4, 0.5) is 5.95 Å². The van der Waals surface area contributed by atoms with E-state index in [-0.39, 0.29) is 17.3 Å². The Morgan fingerprint density at radius 3 is 2.80 bits per heavy atom. The van der Waals surface area contributed by atoms with Crippen LogP contribution in [-0.2, 0) is 0 Å². The van der Waals surface area contributed by atoms with E-state index in [1.807, 2.05) is 19.1 Å². The Kier molecular flexibility index (Phi) is 3.84. The lowest BCUT2D eigenvalue weighted by Crippen LogP contribution is -2.11. The molecular formula is C14H16N4O2. The summed E-state index contributed by atoms with van der Waals surface area (Å²) in [5.74, 6) is 0.422. The molecule has 0 amide bonds. The van der Waals surface area contributed by atoms with E-state index >= 15 is 0 Å². The molecule has 0 aliphatic rings. The first-order valence-electron chi connectivity index (χ1n) is 6.14. The number of phenols is 1. The Labute approximate surface area is 116 Å². The van der Waals surface area contributed by atoms with Gasteiger partial charge in [-0.05, 0) is 32.9 Å². The topological polar surface area (TPSA) is 90.4 Å². The van der Waals surface area contributed by atoms with Crippen molar-refractivity contribution in [3.05, 3.63) is 51.4 Å². The van der Waals surface area contributed by atoms with E-state index < -0.39 is 0 Å². The largest absolute Gasteiger partial charge is 0.507 e. The number of aryl methyl sites for hydroxylation is 2. The Bertz CT molecular complexity index is 719. The number of hydrazone groups is 1. The minimum Gasteiger partial charge on any atom is -0.507 e. The Morgan fingerprint density at radius 2 is 2.10 bits per heavy atom. The van der Waals surface area contributed by atoms with Gasteiger partial charge in [0, 0.05) is 17.3 Å². The second-order valence-electron chi connectivity index (χ2n) is 4.57. The quantitative estimate of drug-likeness (QED) is 0.588. The lowest BCUT2D eigenvalue weighted by Gasteiger charge is -2.06. The minimum absolute atomic E-state index is 0.157. The summed E-state index contributed by atoms with van der Waals surface area (Å²) in [6.07, 6.45) is 0. The van der Waals surface area contributed by atoms with Gasteiger partial charge in [0.25, 0.3) is 5.56 Å². The summed E-state index contributed by atoms with van der Waals surface area (Å²) in [6.45, 7) is 5.42. The van der Waals surface area contributed by atoms with Crippen molar-refractivity contribution in [1.82, 2.24) is 9.97 Å². The smallest absolute Gasteiger partial charge is 0.252 e. The Balaban J connectivity index is 2.26. The number of benzene rings is 1. The fourth-order valence-electron chi connectivity index (χ4n) is 1.77. The lowest BCUT2D eigenvalue weighted by molar-refractivity contribution is 0.474. The van der Waals surface area contributed by atoms with Crippen molar-refractivity contribution >= 4 is 11.7 Å². The average molecular weight is 272 g/mol. The number of phenolic OH excluding ortho intramolecular Hbond substituents is 1. The van der Waals surface area contributed by atoms with Crippen LogP contribution in [0, 0.1) is 13.8 Å². The summed E-state index contributed by atoms with van der Waals surface area (Å²) >= 11 is 0. The highest BCUT2D eigenvalue weighted by Crippen LogP contribution is 2.19. The average Bonchev–Trinajstić information content (AvgIpc) is 2.38. The summed E-state index contributed by atoms with van der Waals surface area (Å²) in [4.78, 5) is 17.9. The molecule has 1 aromatic carbocycles. The van der Waals surface area contributed by atoms with Gasteiger partial charge in [-0.15, -0.1) is 0 Å². The molecule has 6 heteroatoms. The van der Waals surface area contributed by atoms with E-state index in [1.165, 1.54) is 6.07 Å². The second-order valence-corrected chi connectivity index (χ2v) is 4.57. The first-order valence-corrected chi connectivity index (χ1v) is 6.14. The van der Waals surface area contributed by atoms with E-state index in [2.05, 4.69) is 20.5 Å². The maximum atomic E-state index is 11.3. The molecule has 0 radical (unpaired) electrons. The molecule has 0 aliphatic carbocycles. The number of nitrogens with zero attached hydrogens (tertiary/aromatic N) is 2. The van der Waals surface area contributed by atoms with Crippen LogP contribution in [0.25, 0.3) is 0 Å². The van der Waals surface area contributed by atoms with Gasteiger partial charge in [-0.2, -0.15) is 5.10 Å². The second kappa shape index (κ2) is 5.56. The molecule has 20 heavy (non-hydrogen) atoms. The van der Waals surface area contributed by atoms with Crippen molar-refractivity contribution in [3.8, 4) is 5.75 Å². The number of aromatic hydroxyl groups is 1. The van der Waals surface area contributed by atoms with Crippen LogP contribution < -0.4 is 11.0 Å². The van der Waals surface area contributed by atoms with Crippen molar-refractivity contribution in [2.24, 2.45) is 5.10 Å². The molecule has 0 saturated heterocycles. The maximum absolute atomic E-state index is 11.3. The fourth-order valence-corrected chi connectivity index (χ4v) is 1.77. The van der Waals surface area contributed by atoms with Crippen molar-refractivity contribution in [3.63, 3.8) is 0 Å². The first-order chi connectivity index (χ1) is 9.45. The molecule has 0 saturated carbocycles. The summed E-state index contributed by atoms with van der Waals surface area (Å²) in [7, 11) is 0. The molecule has 6 nitrogen and oxygen atoms in total. The predicted molar refractivity (Wildman–Crippen MR) is 78.3 cm³/mol. The molecule has 3 N–H and O–H groups in total. The molecule has 1 heterocycles. The number of anilines is 1. The van der Waals surface area contributed by atoms with Gasteiger partial charge in [-0.1, -0.05) is 11.6 Å². The van der Waals surface area contributed by atoms with Crippen molar-refractivity contribution in [1.29, 1.82) is 0 Å². The molecule has 2 aromatic rings. The first kappa shape index (κ1) is 13.8. The van der Waals surface area contributed by atoms with Crippen LogP contribution in [0.5, 0.6) is 5.75 Å². The number of hydrogen-bond donors (Lipinski definition) is 3. The molecule has 2 rings (SSSR count). The molecule has 0 aliphatic heterocycles. The number of H-pyrrole nitrogens is 1. The minimum atomic E-state index is -0.244. The molecule has 0 spiro atoms. The third-order valence-electron chi connectivity index (χ3n) is 2.74. The zero-order valence-corrected chi connectivity index (χ0v) is 11.6. The van der Waals surface area contributed by atoms with E-state index in [9.17, 15) is 9.90 Å². The third-order valence-corrected chi connectivity index (χ3v) is 2.74. The molecular weight excluding hydrogens is 256 g/mol. The summed E-state index contributed by atoms with van der Waals surface area (Å²) in [6, 6.07) is 6.67. The van der Waals surface area contributed by atoms with Gasteiger partial charge in [0.05, 0.1) is 5.71 Å². The van der Waals surface area contributed by atoms with Crippen LogP contribution in [0.1, 0.15) is 23.7 Å². The normalized spacial score (nSPS) is 11.4. The number of rotatable bonds is 3. The number of nitrogens with one attached hydrogen (secondary N) is 2. The molecule has 0 unspecified atom stereocenters. The standard InChI is InChI=1S/C14H16N4O2/c1-8-4-5-12(19)11(6-8)10(3)17-18-14-15-9(2)7-13(20)16-14/h4-7,19H,1-3H3,(H2,15,16,18,20)/b17-10+. The number of hydrogen-bond acceptors (Lipinski definition) is 5. The van der Waals surface area contributed by atoms with E-state index in [1.54, 1.807) is 19.9 Å². The highest BCUT2D eigenvalue weighted by molar-refractivity contribution is 6.01. The van der Waals surface area contributed by atoms with Gasteiger partial charge in [-0.3, -0.25) is 9.78 Å². The van der Waals surface area contributed by atoms with Crippen LogP contribution >= 0.6 is 0 Å². The van der Waals surface area contributed by atoms with Crippen LogP contribution in [-0.4, -0.2) is 20.8 Å². The summed E-state index contributed by atoms with van der Waals surface area (Å²) in [5.41, 5.74) is 5.28.